The van der Waals surface area contributed by atoms with Gasteiger partial charge in [-0.15, -0.1) is 0 Å². The van der Waals surface area contributed by atoms with Crippen molar-refractivity contribution in [3.63, 3.8) is 0 Å². The lowest BCUT2D eigenvalue weighted by atomic mass is 9.77. The molecule has 1 aliphatic rings. The van der Waals surface area contributed by atoms with Crippen LogP contribution in [0, 0.1) is 5.92 Å². The lowest BCUT2D eigenvalue weighted by Gasteiger charge is -2.34. The highest BCUT2D eigenvalue weighted by Crippen LogP contribution is 2.38. The summed E-state index contributed by atoms with van der Waals surface area (Å²) in [6.07, 6.45) is 2.98. The van der Waals surface area contributed by atoms with Gasteiger partial charge >= 0.3 is 0 Å². The van der Waals surface area contributed by atoms with E-state index in [1.807, 2.05) is 18.2 Å². The summed E-state index contributed by atoms with van der Waals surface area (Å²) in [5, 5.41) is 11.1. The molecule has 1 N–H and O–H groups in total. The third-order valence-electron chi connectivity index (χ3n) is 3.97. The molecular formula is C15H23NO. The molecule has 1 fully saturated rings. The van der Waals surface area contributed by atoms with Gasteiger partial charge in [0.25, 0.3) is 0 Å². The zero-order valence-corrected chi connectivity index (χ0v) is 10.9. The molecule has 2 rings (SSSR count). The average molecular weight is 233 g/mol. The highest BCUT2D eigenvalue weighted by Gasteiger charge is 2.40. The van der Waals surface area contributed by atoms with E-state index in [0.29, 0.717) is 5.92 Å². The van der Waals surface area contributed by atoms with Crippen LogP contribution in [0.15, 0.2) is 30.3 Å². The first-order valence-corrected chi connectivity index (χ1v) is 6.63. The quantitative estimate of drug-likeness (QED) is 0.864. The van der Waals surface area contributed by atoms with Crippen molar-refractivity contribution in [1.82, 2.24) is 4.90 Å². The number of rotatable bonds is 4. The van der Waals surface area contributed by atoms with Crippen LogP contribution in [-0.2, 0) is 5.60 Å². The Balaban J connectivity index is 2.26. The molecule has 0 amide bonds. The summed E-state index contributed by atoms with van der Waals surface area (Å²) in [6.45, 7) is 4.25. The first-order chi connectivity index (χ1) is 8.16. The summed E-state index contributed by atoms with van der Waals surface area (Å²) in [4.78, 5) is 2.31. The molecule has 1 aliphatic heterocycles. The van der Waals surface area contributed by atoms with Crippen LogP contribution < -0.4 is 0 Å². The minimum atomic E-state index is -0.638. The topological polar surface area (TPSA) is 23.5 Å². The van der Waals surface area contributed by atoms with Gasteiger partial charge in [0.05, 0.1) is 5.60 Å². The number of hydrogen-bond donors (Lipinski definition) is 1. The molecule has 2 nitrogen and oxygen atoms in total. The number of benzene rings is 1. The fourth-order valence-corrected chi connectivity index (χ4v) is 3.02. The molecule has 94 valence electrons. The highest BCUT2D eigenvalue weighted by molar-refractivity contribution is 5.23. The van der Waals surface area contributed by atoms with E-state index in [1.165, 1.54) is 0 Å². The van der Waals surface area contributed by atoms with Crippen molar-refractivity contribution in [2.45, 2.75) is 31.8 Å². The smallest absolute Gasteiger partial charge is 0.0937 e. The van der Waals surface area contributed by atoms with Crippen molar-refractivity contribution in [2.75, 3.05) is 20.1 Å². The predicted molar refractivity (Wildman–Crippen MR) is 70.9 cm³/mol. The number of aliphatic hydroxyl groups is 1. The Bertz CT molecular complexity index is 351. The molecule has 0 aliphatic carbocycles. The van der Waals surface area contributed by atoms with Gasteiger partial charge in [-0.25, -0.2) is 0 Å². The van der Waals surface area contributed by atoms with Crippen molar-refractivity contribution in [3.05, 3.63) is 35.9 Å². The van der Waals surface area contributed by atoms with Gasteiger partial charge in [0.2, 0.25) is 0 Å². The minimum Gasteiger partial charge on any atom is -0.385 e. The van der Waals surface area contributed by atoms with Crippen LogP contribution in [0.25, 0.3) is 0 Å². The van der Waals surface area contributed by atoms with Gasteiger partial charge in [0.15, 0.2) is 0 Å². The second kappa shape index (κ2) is 5.19. The Labute approximate surface area is 104 Å². The number of nitrogens with zero attached hydrogens (tertiary/aromatic N) is 1. The van der Waals surface area contributed by atoms with Gasteiger partial charge < -0.3 is 10.0 Å². The zero-order valence-electron chi connectivity index (χ0n) is 10.9. The predicted octanol–water partition coefficient (Wildman–Crippen LogP) is 2.63. The van der Waals surface area contributed by atoms with E-state index in [4.69, 9.17) is 0 Å². The Morgan fingerprint density at radius 1 is 1.35 bits per heavy atom. The number of hydrogen-bond acceptors (Lipinski definition) is 2. The Morgan fingerprint density at radius 2 is 2.06 bits per heavy atom. The molecule has 2 heteroatoms. The van der Waals surface area contributed by atoms with Crippen molar-refractivity contribution < 1.29 is 5.11 Å². The average Bonchev–Trinajstić information content (AvgIpc) is 2.78. The van der Waals surface area contributed by atoms with Gasteiger partial charge in [0, 0.05) is 12.5 Å². The summed E-state index contributed by atoms with van der Waals surface area (Å²) >= 11 is 0. The molecule has 1 aromatic carbocycles. The van der Waals surface area contributed by atoms with Crippen LogP contribution in [0.5, 0.6) is 0 Å². The van der Waals surface area contributed by atoms with Crippen LogP contribution >= 0.6 is 0 Å². The molecular weight excluding hydrogens is 210 g/mol. The molecule has 1 aromatic rings. The molecule has 1 saturated heterocycles. The van der Waals surface area contributed by atoms with E-state index in [-0.39, 0.29) is 0 Å². The lowest BCUT2D eigenvalue weighted by Crippen LogP contribution is -2.36. The lowest BCUT2D eigenvalue weighted by molar-refractivity contribution is -0.0284. The maximum atomic E-state index is 11.1. The molecule has 17 heavy (non-hydrogen) atoms. The molecule has 2 atom stereocenters. The van der Waals surface area contributed by atoms with Crippen LogP contribution in [0.2, 0.25) is 0 Å². The third kappa shape index (κ3) is 2.53. The molecule has 0 aromatic heterocycles. The Hall–Kier alpha value is -0.860. The van der Waals surface area contributed by atoms with Crippen LogP contribution in [0.1, 0.15) is 31.7 Å². The molecule has 1 heterocycles. The molecule has 0 bridgehead atoms. The van der Waals surface area contributed by atoms with E-state index in [1.54, 1.807) is 0 Å². The molecule has 0 spiro atoms. The molecule has 0 radical (unpaired) electrons. The van der Waals surface area contributed by atoms with Crippen molar-refractivity contribution >= 4 is 0 Å². The van der Waals surface area contributed by atoms with Crippen LogP contribution in [-0.4, -0.2) is 30.1 Å². The standard InChI is InChI=1S/C15H23NO/c1-3-10-15(17,13-7-5-4-6-8-13)14-9-11-16(2)12-14/h4-8,14,17H,3,9-12H2,1-2H3/t14-,15+/m0/s1. The van der Waals surface area contributed by atoms with Crippen molar-refractivity contribution in [2.24, 2.45) is 5.92 Å². The minimum absolute atomic E-state index is 0.370. The Kier molecular flexibility index (Phi) is 3.85. The fraction of sp³-hybridized carbons (Fsp3) is 0.600. The van der Waals surface area contributed by atoms with Gasteiger partial charge in [-0.1, -0.05) is 43.7 Å². The molecule has 0 saturated carbocycles. The second-order valence-electron chi connectivity index (χ2n) is 5.29. The van der Waals surface area contributed by atoms with Crippen molar-refractivity contribution in [3.8, 4) is 0 Å². The van der Waals surface area contributed by atoms with Crippen LogP contribution in [0.4, 0.5) is 0 Å². The fourth-order valence-electron chi connectivity index (χ4n) is 3.02. The second-order valence-corrected chi connectivity index (χ2v) is 5.29. The maximum absolute atomic E-state index is 11.1. The van der Waals surface area contributed by atoms with E-state index >= 15 is 0 Å². The van der Waals surface area contributed by atoms with Gasteiger partial charge in [-0.3, -0.25) is 0 Å². The van der Waals surface area contributed by atoms with Gasteiger partial charge in [-0.05, 0) is 32.0 Å². The first kappa shape index (κ1) is 12.6. The van der Waals surface area contributed by atoms with Crippen molar-refractivity contribution in [1.29, 1.82) is 0 Å². The summed E-state index contributed by atoms with van der Waals surface area (Å²) in [5.74, 6) is 0.370. The largest absolute Gasteiger partial charge is 0.385 e. The highest BCUT2D eigenvalue weighted by atomic mass is 16.3. The zero-order chi connectivity index (χ0) is 12.3. The van der Waals surface area contributed by atoms with E-state index in [9.17, 15) is 5.11 Å². The van der Waals surface area contributed by atoms with Gasteiger partial charge in [0.1, 0.15) is 0 Å². The summed E-state index contributed by atoms with van der Waals surface area (Å²) < 4.78 is 0. The normalized spacial score (nSPS) is 24.8. The van der Waals surface area contributed by atoms with E-state index in [0.717, 1.165) is 37.9 Å². The first-order valence-electron chi connectivity index (χ1n) is 6.63. The monoisotopic (exact) mass is 233 g/mol. The summed E-state index contributed by atoms with van der Waals surface area (Å²) in [5.41, 5.74) is 0.447. The SMILES string of the molecule is CCC[C@@](O)(c1ccccc1)[C@H]1CCN(C)C1. The third-order valence-corrected chi connectivity index (χ3v) is 3.97. The summed E-state index contributed by atoms with van der Waals surface area (Å²) in [7, 11) is 2.14. The van der Waals surface area contributed by atoms with E-state index < -0.39 is 5.60 Å². The maximum Gasteiger partial charge on any atom is 0.0937 e. The Morgan fingerprint density at radius 3 is 2.59 bits per heavy atom. The van der Waals surface area contributed by atoms with Gasteiger partial charge in [-0.2, -0.15) is 0 Å². The number of likely N-dealkylation sites (tertiary alicyclic amines) is 1. The van der Waals surface area contributed by atoms with Crippen LogP contribution in [0.3, 0.4) is 0 Å². The summed E-state index contributed by atoms with van der Waals surface area (Å²) in [6, 6.07) is 10.2. The molecule has 0 unspecified atom stereocenters. The van der Waals surface area contributed by atoms with E-state index in [2.05, 4.69) is 31.0 Å².